The van der Waals surface area contributed by atoms with E-state index in [0.29, 0.717) is 16.9 Å². The number of nitrogens with zero attached hydrogens (tertiary/aromatic N) is 2. The van der Waals surface area contributed by atoms with Crippen LogP contribution >= 0.6 is 0 Å². The molecule has 1 heterocycles. The van der Waals surface area contributed by atoms with Gasteiger partial charge in [0.05, 0.1) is 31.4 Å². The highest BCUT2D eigenvalue weighted by atomic mass is 16.5. The highest BCUT2D eigenvalue weighted by molar-refractivity contribution is 6.23. The third-order valence-electron chi connectivity index (χ3n) is 3.80. The van der Waals surface area contributed by atoms with Gasteiger partial charge in [-0.1, -0.05) is 18.2 Å². The van der Waals surface area contributed by atoms with Gasteiger partial charge in [-0.3, -0.25) is 19.3 Å². The van der Waals surface area contributed by atoms with E-state index in [9.17, 15) is 14.4 Å². The minimum atomic E-state index is -0.483. The summed E-state index contributed by atoms with van der Waals surface area (Å²) in [7, 11) is 1.43. The zero-order chi connectivity index (χ0) is 17.3. The largest absolute Gasteiger partial charge is 0.508 e. The summed E-state index contributed by atoms with van der Waals surface area (Å²) < 4.78 is 5.04. The van der Waals surface area contributed by atoms with Gasteiger partial charge >= 0.3 is 0 Å². The molecule has 2 aromatic carbocycles. The topological polar surface area (TPSA) is 68.0 Å². The van der Waals surface area contributed by atoms with Gasteiger partial charge in [0, 0.05) is 5.56 Å². The molecule has 0 N–H and O–H groups in total. The lowest BCUT2D eigenvalue weighted by atomic mass is 10.1. The summed E-state index contributed by atoms with van der Waals surface area (Å²) in [6, 6.07) is 10.9. The molecule has 2 aromatic rings. The van der Waals surface area contributed by atoms with E-state index in [4.69, 9.17) is 11.3 Å². The highest BCUT2D eigenvalue weighted by Gasteiger charge is 2.36. The molecular weight excluding hydrogens is 307 g/mol. The molecule has 24 heavy (non-hydrogen) atoms. The normalized spacial score (nSPS) is 12.8. The predicted octanol–water partition coefficient (Wildman–Crippen LogP) is 2.72. The molecule has 0 fully saturated rings. The van der Waals surface area contributed by atoms with E-state index >= 15 is 0 Å². The van der Waals surface area contributed by atoms with Gasteiger partial charge < -0.3 is 4.74 Å². The Morgan fingerprint density at radius 3 is 2.29 bits per heavy atom. The Bertz CT molecular complexity index is 876. The van der Waals surface area contributed by atoms with E-state index < -0.39 is 17.6 Å². The van der Waals surface area contributed by atoms with Crippen LogP contribution in [0.3, 0.4) is 0 Å². The number of Topliss-reactive ketones (excluding diaryl/α,β-unsaturated/α-hetero) is 1. The number of fused-ring (bicyclic) bond motifs is 1. The van der Waals surface area contributed by atoms with Crippen LogP contribution in [0.15, 0.2) is 42.5 Å². The Morgan fingerprint density at radius 2 is 1.75 bits per heavy atom. The lowest BCUT2D eigenvalue weighted by Gasteiger charge is -2.13. The van der Waals surface area contributed by atoms with Crippen LogP contribution < -0.4 is 4.74 Å². The first kappa shape index (κ1) is 15.4. The van der Waals surface area contributed by atoms with Gasteiger partial charge in [-0.25, -0.2) is 4.85 Å². The maximum absolute atomic E-state index is 12.4. The molecular formula is C18H12N2O4. The van der Waals surface area contributed by atoms with Crippen LogP contribution in [-0.4, -0.2) is 36.2 Å². The second-order valence-electron chi connectivity index (χ2n) is 5.16. The van der Waals surface area contributed by atoms with Crippen molar-refractivity contribution in [1.29, 1.82) is 0 Å². The molecule has 0 radical (unpaired) electrons. The Morgan fingerprint density at radius 1 is 1.12 bits per heavy atom. The molecule has 0 bridgehead atoms. The quantitative estimate of drug-likeness (QED) is 0.494. The zero-order valence-electron chi connectivity index (χ0n) is 12.8. The number of benzene rings is 2. The molecule has 0 unspecified atom stereocenters. The average molecular weight is 319 g/mol. The van der Waals surface area contributed by atoms with Crippen LogP contribution in [0.4, 0.5) is 5.69 Å². The van der Waals surface area contributed by atoms with Gasteiger partial charge in [0.2, 0.25) is 5.69 Å². The number of carbonyl (C=O) groups is 3. The zero-order valence-corrected chi connectivity index (χ0v) is 12.8. The number of imide groups is 1. The Hall–Kier alpha value is -3.46. The smallest absolute Gasteiger partial charge is 0.261 e. The summed E-state index contributed by atoms with van der Waals surface area (Å²) in [6.45, 7) is 6.75. The standard InChI is InChI=1S/C18H12N2O4/c1-19-14-9-11(7-8-16(14)24-2)15(21)10-20-17(22)12-5-3-4-6-13(12)18(20)23/h3-9H,10H2,2H3/i1-1. The second kappa shape index (κ2) is 5.97. The van der Waals surface area contributed by atoms with Crippen LogP contribution in [0.1, 0.15) is 31.1 Å². The summed E-state index contributed by atoms with van der Waals surface area (Å²) in [4.78, 5) is 41.2. The maximum atomic E-state index is 12.4. The lowest BCUT2D eigenvalue weighted by Crippen LogP contribution is -2.34. The van der Waals surface area contributed by atoms with Crippen molar-refractivity contribution in [2.75, 3.05) is 13.7 Å². The van der Waals surface area contributed by atoms with E-state index in [2.05, 4.69) is 4.85 Å². The first-order valence-electron chi connectivity index (χ1n) is 7.10. The molecule has 0 spiro atoms. The van der Waals surface area contributed by atoms with Crippen molar-refractivity contribution in [3.63, 3.8) is 0 Å². The molecule has 0 saturated heterocycles. The molecule has 0 saturated carbocycles. The van der Waals surface area contributed by atoms with Crippen molar-refractivity contribution >= 4 is 23.3 Å². The van der Waals surface area contributed by atoms with Crippen LogP contribution in [0, 0.1) is 6.57 Å². The molecule has 0 atom stereocenters. The first-order valence-corrected chi connectivity index (χ1v) is 7.10. The highest BCUT2D eigenvalue weighted by Crippen LogP contribution is 2.29. The molecule has 3 rings (SSSR count). The van der Waals surface area contributed by atoms with Crippen LogP contribution in [-0.2, 0) is 0 Å². The summed E-state index contributed by atoms with van der Waals surface area (Å²) in [5.74, 6) is -1.02. The van der Waals surface area contributed by atoms with Gasteiger partial charge in [-0.05, 0) is 24.3 Å². The monoisotopic (exact) mass is 319 g/mol. The fourth-order valence-electron chi connectivity index (χ4n) is 2.57. The summed E-state index contributed by atoms with van der Waals surface area (Å²) in [6.07, 6.45) is 0. The fraction of sp³-hybridized carbons (Fsp3) is 0.111. The molecule has 0 aromatic heterocycles. The van der Waals surface area contributed by atoms with Crippen LogP contribution in [0.5, 0.6) is 5.75 Å². The number of ketones is 1. The van der Waals surface area contributed by atoms with Crippen molar-refractivity contribution in [3.8, 4) is 5.75 Å². The van der Waals surface area contributed by atoms with Gasteiger partial charge in [0.15, 0.2) is 5.78 Å². The molecule has 2 amide bonds. The van der Waals surface area contributed by atoms with Gasteiger partial charge in [-0.15, -0.1) is 0 Å². The summed E-state index contributed by atoms with van der Waals surface area (Å²) >= 11 is 0. The van der Waals surface area contributed by atoms with Crippen molar-refractivity contribution < 1.29 is 19.1 Å². The minimum Gasteiger partial charge on any atom is -0.508 e. The number of hydrogen-bond acceptors (Lipinski definition) is 4. The summed E-state index contributed by atoms with van der Waals surface area (Å²) in [5, 5.41) is 0. The van der Waals surface area contributed by atoms with Crippen molar-refractivity contribution in [2.24, 2.45) is 0 Å². The molecule has 1 aliphatic rings. The first-order chi connectivity index (χ1) is 11.6. The van der Waals surface area contributed by atoms with E-state index in [1.165, 1.54) is 25.3 Å². The molecule has 6 heteroatoms. The Labute approximate surface area is 138 Å². The SMILES string of the molecule is COc1ccc(C(=O)CN2C(=O)c3ccccc3C2=O)cc1[N+]#[11C-]. The van der Waals surface area contributed by atoms with Crippen molar-refractivity contribution in [3.05, 3.63) is 70.6 Å². The summed E-state index contributed by atoms with van der Waals surface area (Å²) in [5.41, 5.74) is 1.04. The third-order valence-corrected chi connectivity index (χ3v) is 3.80. The molecule has 6 nitrogen and oxygen atoms in total. The van der Waals surface area contributed by atoms with E-state index in [-0.39, 0.29) is 17.8 Å². The van der Waals surface area contributed by atoms with Gasteiger partial charge in [-0.2, -0.15) is 0 Å². The Balaban J connectivity index is 1.85. The number of hydrogen-bond donors (Lipinski definition) is 0. The number of rotatable bonds is 4. The number of carbonyl (C=O) groups excluding carboxylic acids is 3. The predicted molar refractivity (Wildman–Crippen MR) is 85.4 cm³/mol. The van der Waals surface area contributed by atoms with Gasteiger partial charge in [0.25, 0.3) is 11.8 Å². The van der Waals surface area contributed by atoms with Crippen molar-refractivity contribution in [1.82, 2.24) is 4.90 Å². The van der Waals surface area contributed by atoms with Crippen LogP contribution in [0.2, 0.25) is 0 Å². The average Bonchev–Trinajstić information content (AvgIpc) is 2.86. The van der Waals surface area contributed by atoms with Crippen LogP contribution in [0.25, 0.3) is 4.85 Å². The van der Waals surface area contributed by atoms with Gasteiger partial charge in [0.1, 0.15) is 5.75 Å². The molecule has 1 aliphatic heterocycles. The second-order valence-corrected chi connectivity index (χ2v) is 5.16. The van der Waals surface area contributed by atoms with E-state index in [1.54, 1.807) is 24.3 Å². The molecule has 0 aliphatic carbocycles. The fourth-order valence-corrected chi connectivity index (χ4v) is 2.57. The lowest BCUT2D eigenvalue weighted by molar-refractivity contribution is 0.0624. The minimum absolute atomic E-state index is 0.200. The Kier molecular flexibility index (Phi) is 3.84. The molecule has 118 valence electrons. The number of amides is 2. The maximum Gasteiger partial charge on any atom is 0.261 e. The van der Waals surface area contributed by atoms with Crippen molar-refractivity contribution in [2.45, 2.75) is 0 Å². The van der Waals surface area contributed by atoms with E-state index in [0.717, 1.165) is 4.90 Å². The third kappa shape index (κ3) is 2.42. The number of methoxy groups -OCH3 is 1. The number of ether oxygens (including phenoxy) is 1. The van der Waals surface area contributed by atoms with E-state index in [1.807, 2.05) is 0 Å².